The molecule has 1 fully saturated rings. The number of esters is 1. The summed E-state index contributed by atoms with van der Waals surface area (Å²) < 4.78 is 58.6. The maximum Gasteiger partial charge on any atom is 0.309 e. The molecule has 0 spiro atoms. The van der Waals surface area contributed by atoms with Gasteiger partial charge >= 0.3 is 5.97 Å². The summed E-state index contributed by atoms with van der Waals surface area (Å²) in [6.07, 6.45) is 0.522. The molecule has 0 atom stereocenters. The number of nitrogens with one attached hydrogen (secondary N) is 1. The van der Waals surface area contributed by atoms with Crippen LogP contribution < -0.4 is 5.32 Å². The van der Waals surface area contributed by atoms with Crippen molar-refractivity contribution >= 4 is 27.6 Å². The Morgan fingerprint density at radius 3 is 2.38 bits per heavy atom. The van der Waals surface area contributed by atoms with Crippen LogP contribution in [0.5, 0.6) is 0 Å². The molecule has 32 heavy (non-hydrogen) atoms. The van der Waals surface area contributed by atoms with E-state index in [-0.39, 0.29) is 36.5 Å². The zero-order valence-electron chi connectivity index (χ0n) is 17.7. The van der Waals surface area contributed by atoms with Gasteiger partial charge in [-0.15, -0.1) is 0 Å². The first-order chi connectivity index (χ1) is 15.1. The Hall–Kier alpha value is -2.85. The van der Waals surface area contributed by atoms with Crippen molar-refractivity contribution in [3.63, 3.8) is 0 Å². The minimum absolute atomic E-state index is 0.155. The van der Waals surface area contributed by atoms with E-state index in [1.165, 1.54) is 4.31 Å². The maximum atomic E-state index is 13.6. The molecule has 0 saturated carbocycles. The average Bonchev–Trinajstić information content (AvgIpc) is 2.76. The third-order valence-corrected chi connectivity index (χ3v) is 7.35. The molecule has 1 amide bonds. The Morgan fingerprint density at radius 2 is 1.75 bits per heavy atom. The van der Waals surface area contributed by atoms with E-state index in [4.69, 9.17) is 4.74 Å². The summed E-state index contributed by atoms with van der Waals surface area (Å²) >= 11 is 0. The summed E-state index contributed by atoms with van der Waals surface area (Å²) in [6, 6.07) is 7.64. The Labute approximate surface area is 185 Å². The molecule has 0 aliphatic carbocycles. The van der Waals surface area contributed by atoms with Gasteiger partial charge in [0.15, 0.2) is 6.61 Å². The second kappa shape index (κ2) is 9.74. The van der Waals surface area contributed by atoms with Crippen LogP contribution in [-0.2, 0) is 24.3 Å². The number of hydrogen-bond acceptors (Lipinski definition) is 5. The summed E-state index contributed by atoms with van der Waals surface area (Å²) in [5.41, 5.74) is 1.65. The molecule has 7 nitrogen and oxygen atoms in total. The first-order valence-corrected chi connectivity index (χ1v) is 11.5. The third kappa shape index (κ3) is 5.49. The summed E-state index contributed by atoms with van der Waals surface area (Å²) in [5.74, 6) is -3.65. The van der Waals surface area contributed by atoms with E-state index in [0.717, 1.165) is 23.3 Å². The highest BCUT2D eigenvalue weighted by Crippen LogP contribution is 2.26. The molecule has 172 valence electrons. The number of ether oxygens (including phenoxy) is 1. The number of benzene rings is 2. The van der Waals surface area contributed by atoms with Gasteiger partial charge in [0.1, 0.15) is 11.6 Å². The van der Waals surface area contributed by atoms with Crippen molar-refractivity contribution in [1.29, 1.82) is 0 Å². The number of hydrogen-bond donors (Lipinski definition) is 1. The maximum absolute atomic E-state index is 13.6. The van der Waals surface area contributed by atoms with Crippen LogP contribution in [0.25, 0.3) is 0 Å². The standard InChI is InChI=1S/C22H24F2N2O5S/c1-14-3-5-18(11-15(14)2)32(29,30)26-9-7-16(8-10-26)22(28)31-13-21(27)25-20-6-4-17(23)12-19(20)24/h3-6,11-12,16H,7-10,13H2,1-2H3,(H,25,27). The first kappa shape index (κ1) is 23.8. The van der Waals surface area contributed by atoms with Crippen molar-refractivity contribution in [3.05, 3.63) is 59.2 Å². The van der Waals surface area contributed by atoms with Crippen molar-refractivity contribution in [2.45, 2.75) is 31.6 Å². The van der Waals surface area contributed by atoms with Gasteiger partial charge in [-0.25, -0.2) is 17.2 Å². The van der Waals surface area contributed by atoms with E-state index in [0.29, 0.717) is 6.07 Å². The monoisotopic (exact) mass is 466 g/mol. The number of amides is 1. The van der Waals surface area contributed by atoms with Crippen LogP contribution in [0.3, 0.4) is 0 Å². The molecule has 2 aromatic carbocycles. The molecule has 2 aromatic rings. The fraction of sp³-hybridized carbons (Fsp3) is 0.364. The smallest absolute Gasteiger partial charge is 0.309 e. The van der Waals surface area contributed by atoms with Crippen molar-refractivity contribution in [2.75, 3.05) is 25.0 Å². The molecule has 0 radical (unpaired) electrons. The summed E-state index contributed by atoms with van der Waals surface area (Å²) in [7, 11) is -3.66. The van der Waals surface area contributed by atoms with Gasteiger partial charge in [0.25, 0.3) is 5.91 Å². The number of piperidine rings is 1. The quantitative estimate of drug-likeness (QED) is 0.661. The summed E-state index contributed by atoms with van der Waals surface area (Å²) in [4.78, 5) is 24.4. The minimum Gasteiger partial charge on any atom is -0.455 e. The zero-order valence-corrected chi connectivity index (χ0v) is 18.5. The van der Waals surface area contributed by atoms with Crippen LogP contribution in [0, 0.1) is 31.4 Å². The molecular formula is C22H24F2N2O5S. The fourth-order valence-electron chi connectivity index (χ4n) is 3.39. The average molecular weight is 467 g/mol. The highest BCUT2D eigenvalue weighted by molar-refractivity contribution is 7.89. The van der Waals surface area contributed by atoms with Crippen LogP contribution in [-0.4, -0.2) is 44.3 Å². The fourth-order valence-corrected chi connectivity index (χ4v) is 4.94. The number of halogens is 2. The van der Waals surface area contributed by atoms with E-state index >= 15 is 0 Å². The van der Waals surface area contributed by atoms with E-state index in [1.54, 1.807) is 18.2 Å². The second-order valence-corrected chi connectivity index (χ2v) is 9.64. The van der Waals surface area contributed by atoms with Crippen LogP contribution in [0.15, 0.2) is 41.3 Å². The molecule has 3 rings (SSSR count). The van der Waals surface area contributed by atoms with Gasteiger partial charge in [0.05, 0.1) is 16.5 Å². The van der Waals surface area contributed by atoms with Gasteiger partial charge in [-0.3, -0.25) is 9.59 Å². The van der Waals surface area contributed by atoms with Gasteiger partial charge in [0, 0.05) is 19.2 Å². The molecule has 1 saturated heterocycles. The Kier molecular flexibility index (Phi) is 7.25. The predicted octanol–water partition coefficient (Wildman–Crippen LogP) is 3.16. The Morgan fingerprint density at radius 1 is 1.06 bits per heavy atom. The number of carbonyl (C=O) groups excluding carboxylic acids is 2. The Bertz CT molecular complexity index is 1130. The Balaban J connectivity index is 1.50. The zero-order chi connectivity index (χ0) is 23.5. The summed E-state index contributed by atoms with van der Waals surface area (Å²) in [6.45, 7) is 3.43. The van der Waals surface area contributed by atoms with Crippen molar-refractivity contribution in [2.24, 2.45) is 5.92 Å². The van der Waals surface area contributed by atoms with E-state index in [9.17, 15) is 26.8 Å². The predicted molar refractivity (Wildman–Crippen MR) is 113 cm³/mol. The molecule has 0 unspecified atom stereocenters. The molecule has 1 N–H and O–H groups in total. The topological polar surface area (TPSA) is 92.8 Å². The number of anilines is 1. The SMILES string of the molecule is Cc1ccc(S(=O)(=O)N2CCC(C(=O)OCC(=O)Nc3ccc(F)cc3F)CC2)cc1C. The van der Waals surface area contributed by atoms with E-state index in [1.807, 2.05) is 13.8 Å². The lowest BCUT2D eigenvalue weighted by Crippen LogP contribution is -2.41. The van der Waals surface area contributed by atoms with Crippen LogP contribution >= 0.6 is 0 Å². The summed E-state index contributed by atoms with van der Waals surface area (Å²) in [5, 5.41) is 2.20. The highest BCUT2D eigenvalue weighted by atomic mass is 32.2. The van der Waals surface area contributed by atoms with Gasteiger partial charge in [0.2, 0.25) is 10.0 Å². The molecule has 1 heterocycles. The first-order valence-electron chi connectivity index (χ1n) is 10.1. The van der Waals surface area contributed by atoms with Gasteiger partial charge in [-0.2, -0.15) is 4.31 Å². The largest absolute Gasteiger partial charge is 0.455 e. The lowest BCUT2D eigenvalue weighted by Gasteiger charge is -2.30. The van der Waals surface area contributed by atoms with Gasteiger partial charge < -0.3 is 10.1 Å². The van der Waals surface area contributed by atoms with Gasteiger partial charge in [-0.05, 0) is 62.1 Å². The lowest BCUT2D eigenvalue weighted by molar-refractivity contribution is -0.152. The minimum atomic E-state index is -3.66. The molecular weight excluding hydrogens is 442 g/mol. The van der Waals surface area contributed by atoms with Crippen LogP contribution in [0.2, 0.25) is 0 Å². The van der Waals surface area contributed by atoms with E-state index in [2.05, 4.69) is 5.32 Å². The molecule has 1 aliphatic heterocycles. The molecule has 1 aliphatic rings. The second-order valence-electron chi connectivity index (χ2n) is 7.70. The number of carbonyl (C=O) groups is 2. The molecule has 0 bridgehead atoms. The van der Waals surface area contributed by atoms with Crippen molar-refractivity contribution in [1.82, 2.24) is 4.31 Å². The van der Waals surface area contributed by atoms with E-state index < -0.39 is 46.1 Å². The number of sulfonamides is 1. The van der Waals surface area contributed by atoms with Gasteiger partial charge in [-0.1, -0.05) is 6.07 Å². The number of rotatable bonds is 6. The highest BCUT2D eigenvalue weighted by Gasteiger charge is 2.33. The number of aryl methyl sites for hydroxylation is 2. The lowest BCUT2D eigenvalue weighted by atomic mass is 9.98. The van der Waals surface area contributed by atoms with Crippen LogP contribution in [0.1, 0.15) is 24.0 Å². The molecule has 0 aromatic heterocycles. The van der Waals surface area contributed by atoms with Crippen molar-refractivity contribution < 1.29 is 31.5 Å². The third-order valence-electron chi connectivity index (χ3n) is 5.45. The van der Waals surface area contributed by atoms with Crippen molar-refractivity contribution in [3.8, 4) is 0 Å². The number of nitrogens with zero attached hydrogens (tertiary/aromatic N) is 1. The van der Waals surface area contributed by atoms with Crippen LogP contribution in [0.4, 0.5) is 14.5 Å². The molecule has 10 heteroatoms. The normalized spacial score (nSPS) is 15.4.